The number of rotatable bonds is 18. The van der Waals surface area contributed by atoms with Gasteiger partial charge in [0.2, 0.25) is 12.1 Å². The molecule has 0 radical (unpaired) electrons. The van der Waals surface area contributed by atoms with Crippen molar-refractivity contribution in [1.29, 1.82) is 0 Å². The number of ketones is 2. The highest BCUT2D eigenvalue weighted by Crippen LogP contribution is 2.33. The molecule has 0 fully saturated rings. The number of nitrogens with zero attached hydrogens (tertiary/aromatic N) is 4. The number of azo groups is 2. The van der Waals surface area contributed by atoms with E-state index < -0.39 is 53.3 Å². The molecule has 0 saturated heterocycles. The van der Waals surface area contributed by atoms with Crippen molar-refractivity contribution in [2.45, 2.75) is 50.5 Å². The lowest BCUT2D eigenvalue weighted by Gasteiger charge is -2.15. The third-order valence-corrected chi connectivity index (χ3v) is 10.6. The lowest BCUT2D eigenvalue weighted by atomic mass is 10.1. The van der Waals surface area contributed by atoms with E-state index >= 15 is 0 Å². The van der Waals surface area contributed by atoms with Crippen molar-refractivity contribution in [2.75, 3.05) is 27.3 Å². The second kappa shape index (κ2) is 23.1. The molecule has 0 aliphatic rings. The monoisotopic (exact) mass is 978 g/mol. The summed E-state index contributed by atoms with van der Waals surface area (Å²) in [4.78, 5) is 78.4. The molecule has 0 spiro atoms. The summed E-state index contributed by atoms with van der Waals surface area (Å²) in [6, 6.07) is 23.2. The second-order valence-corrected chi connectivity index (χ2v) is 16.4. The van der Waals surface area contributed by atoms with Gasteiger partial charge in [-0.2, -0.15) is 20.5 Å². The third kappa shape index (κ3) is 13.4. The first kappa shape index (κ1) is 49.8. The Kier molecular flexibility index (Phi) is 17.7. The lowest BCUT2D eigenvalue weighted by molar-refractivity contribution is -0.127. The molecule has 0 saturated carbocycles. The van der Waals surface area contributed by atoms with Crippen LogP contribution < -0.4 is 26.0 Å². The molecule has 5 rings (SSSR count). The van der Waals surface area contributed by atoms with Crippen LogP contribution in [0.4, 0.5) is 34.1 Å². The highest BCUT2D eigenvalue weighted by atomic mass is 35.5. The van der Waals surface area contributed by atoms with Gasteiger partial charge in [-0.15, -0.1) is 23.2 Å². The van der Waals surface area contributed by atoms with E-state index in [1.807, 2.05) is 12.1 Å². The molecule has 4 amide bonds. The minimum Gasteiger partial charge on any atom is -0.476 e. The Labute approximate surface area is 398 Å². The van der Waals surface area contributed by atoms with Gasteiger partial charge in [-0.3, -0.25) is 28.8 Å². The molecule has 5 aromatic rings. The minimum atomic E-state index is -1.67. The summed E-state index contributed by atoms with van der Waals surface area (Å²) in [7, 11) is 0. The first-order chi connectivity index (χ1) is 31.0. The lowest BCUT2D eigenvalue weighted by Crippen LogP contribution is -2.32. The molecule has 4 N–H and O–H groups in total. The molecule has 4 unspecified atom stereocenters. The molecular formula is C45H39Cl5N8O7. The molecule has 0 bridgehead atoms. The van der Waals surface area contributed by atoms with Gasteiger partial charge < -0.3 is 26.0 Å². The van der Waals surface area contributed by atoms with Crippen molar-refractivity contribution in [3.05, 3.63) is 135 Å². The molecule has 0 aromatic heterocycles. The Bertz CT molecular complexity index is 2700. The van der Waals surface area contributed by atoms with Gasteiger partial charge in [0.1, 0.15) is 17.1 Å². The van der Waals surface area contributed by atoms with Gasteiger partial charge in [0.25, 0.3) is 23.6 Å². The molecule has 0 aliphatic heterocycles. The average molecular weight is 981 g/mol. The number of carbonyl (C=O) groups excluding carboxylic acids is 6. The van der Waals surface area contributed by atoms with Gasteiger partial charge in [-0.1, -0.05) is 71.2 Å². The molecule has 20 heteroatoms. The smallest absolute Gasteiger partial charge is 0.258 e. The van der Waals surface area contributed by atoms with E-state index in [0.717, 1.165) is 25.0 Å². The van der Waals surface area contributed by atoms with Crippen LogP contribution in [0.2, 0.25) is 10.0 Å². The van der Waals surface area contributed by atoms with Crippen LogP contribution in [0.3, 0.4) is 0 Å². The largest absolute Gasteiger partial charge is 0.476 e. The highest BCUT2D eigenvalue weighted by molar-refractivity contribution is 6.37. The van der Waals surface area contributed by atoms with Crippen LogP contribution in [0.25, 0.3) is 0 Å². The number of ether oxygens (including phenoxy) is 1. The molecule has 336 valence electrons. The maximum atomic E-state index is 13.4. The summed E-state index contributed by atoms with van der Waals surface area (Å²) in [5.41, 5.74) is 2.84. The zero-order valence-corrected chi connectivity index (χ0v) is 38.6. The third-order valence-electron chi connectivity index (χ3n) is 9.20. The summed E-state index contributed by atoms with van der Waals surface area (Å²) in [6.07, 6.45) is 0. The normalized spacial score (nSPS) is 13.1. The van der Waals surface area contributed by atoms with E-state index in [2.05, 4.69) is 41.7 Å². The molecule has 0 heterocycles. The van der Waals surface area contributed by atoms with Gasteiger partial charge in [0, 0.05) is 23.1 Å². The number of nitrogens with one attached hydrogen (secondary N) is 4. The van der Waals surface area contributed by atoms with Gasteiger partial charge in [0.05, 0.1) is 37.6 Å². The number of carbonyl (C=O) groups is 6. The van der Waals surface area contributed by atoms with Crippen molar-refractivity contribution in [3.63, 3.8) is 0 Å². The van der Waals surface area contributed by atoms with E-state index in [-0.39, 0.29) is 60.4 Å². The SMILES string of the molecule is CC(=O)C(N=Nc1cccc(C(=O)Nc2cccc(C(C)Cl)c2)c1Cl)C(=O)Nc1ccc(NC(=O)C(N=Nc2cccc(C(=O)Nc3cccc(C(C)Cl)c3)c2Cl)C(C)=O)c(OCCl)c1. The van der Waals surface area contributed by atoms with E-state index in [9.17, 15) is 28.8 Å². The Morgan fingerprint density at radius 2 is 1.00 bits per heavy atom. The maximum absolute atomic E-state index is 13.4. The van der Waals surface area contributed by atoms with Gasteiger partial charge in [-0.05, 0) is 99.5 Å². The van der Waals surface area contributed by atoms with Crippen LogP contribution in [-0.2, 0) is 19.2 Å². The Balaban J connectivity index is 1.27. The Hall–Kier alpha value is -6.23. The molecule has 4 atom stereocenters. The quantitative estimate of drug-likeness (QED) is 0.0379. The zero-order chi connectivity index (χ0) is 47.4. The van der Waals surface area contributed by atoms with Crippen molar-refractivity contribution in [2.24, 2.45) is 20.5 Å². The standard InChI is InChI=1S/C45H39Cl5N8O7/c1-23(47)27-9-5-11-29(19-27)51-42(61)32-13-7-15-35(38(32)49)55-57-40(25(3)59)44(63)53-31-17-18-34(37(21-31)65-22-46)54-45(64)41(26(4)60)58-56-36-16-8-14-33(39(36)50)43(62)52-30-12-6-10-28(20-30)24(2)48/h5-21,23-24,40-41H,22H2,1-4H3,(H,51,61)(H,52,62)(H,53,63)(H,54,64). The average Bonchev–Trinajstić information content (AvgIpc) is 3.25. The van der Waals surface area contributed by atoms with E-state index in [1.54, 1.807) is 50.2 Å². The summed E-state index contributed by atoms with van der Waals surface area (Å²) in [5.74, 6) is -4.28. The van der Waals surface area contributed by atoms with Gasteiger partial charge in [-0.25, -0.2) is 0 Å². The number of amides is 4. The number of hydrogen-bond donors (Lipinski definition) is 4. The van der Waals surface area contributed by atoms with Crippen LogP contribution >= 0.6 is 58.0 Å². The van der Waals surface area contributed by atoms with E-state index in [4.69, 9.17) is 62.7 Å². The fourth-order valence-corrected chi connectivity index (χ4v) is 6.73. The molecule has 15 nitrogen and oxygen atoms in total. The van der Waals surface area contributed by atoms with Crippen LogP contribution in [0.1, 0.15) is 70.3 Å². The predicted octanol–water partition coefficient (Wildman–Crippen LogP) is 12.0. The fraction of sp³-hybridized carbons (Fsp3) is 0.200. The second-order valence-electron chi connectivity index (χ2n) is 14.1. The summed E-state index contributed by atoms with van der Waals surface area (Å²) in [6.45, 7) is 5.87. The van der Waals surface area contributed by atoms with E-state index in [0.29, 0.717) is 11.4 Å². The van der Waals surface area contributed by atoms with Crippen molar-refractivity contribution in [3.8, 4) is 5.75 Å². The zero-order valence-electron chi connectivity index (χ0n) is 34.9. The number of Topliss-reactive ketones (excluding diaryl/α,β-unsaturated/α-hetero) is 2. The molecule has 5 aromatic carbocycles. The van der Waals surface area contributed by atoms with Crippen LogP contribution in [-0.4, -0.2) is 53.3 Å². The van der Waals surface area contributed by atoms with Gasteiger partial charge in [0.15, 0.2) is 17.6 Å². The molecular weight excluding hydrogens is 942 g/mol. The Morgan fingerprint density at radius 3 is 1.43 bits per heavy atom. The number of hydrogen-bond acceptors (Lipinski definition) is 11. The summed E-state index contributed by atoms with van der Waals surface area (Å²) < 4.78 is 5.49. The number of anilines is 4. The van der Waals surface area contributed by atoms with Crippen LogP contribution in [0, 0.1) is 0 Å². The van der Waals surface area contributed by atoms with Crippen molar-refractivity contribution in [1.82, 2.24) is 0 Å². The van der Waals surface area contributed by atoms with Crippen LogP contribution in [0.5, 0.6) is 5.75 Å². The summed E-state index contributed by atoms with van der Waals surface area (Å²) >= 11 is 31.3. The Morgan fingerprint density at radius 1 is 0.569 bits per heavy atom. The summed E-state index contributed by atoms with van der Waals surface area (Å²) in [5, 5.41) is 25.8. The van der Waals surface area contributed by atoms with Gasteiger partial charge >= 0.3 is 0 Å². The number of benzene rings is 5. The maximum Gasteiger partial charge on any atom is 0.258 e. The van der Waals surface area contributed by atoms with Crippen LogP contribution in [0.15, 0.2) is 124 Å². The fourth-order valence-electron chi connectivity index (χ4n) is 5.84. The van der Waals surface area contributed by atoms with E-state index in [1.165, 1.54) is 54.6 Å². The number of alkyl halides is 3. The van der Waals surface area contributed by atoms with Crippen molar-refractivity contribution < 1.29 is 33.5 Å². The highest BCUT2D eigenvalue weighted by Gasteiger charge is 2.27. The number of halogens is 5. The molecule has 65 heavy (non-hydrogen) atoms. The predicted molar refractivity (Wildman–Crippen MR) is 253 cm³/mol. The molecule has 0 aliphatic carbocycles. The minimum absolute atomic E-state index is 0.00973. The topological polar surface area (TPSA) is 209 Å². The first-order valence-electron chi connectivity index (χ1n) is 19.4. The van der Waals surface area contributed by atoms with Crippen molar-refractivity contribution >= 4 is 127 Å². The first-order valence-corrected chi connectivity index (χ1v) is 21.6.